The molecule has 3 rings (SSSR count). The summed E-state index contributed by atoms with van der Waals surface area (Å²) in [7, 11) is 1.69. The number of azide groups is 1. The Morgan fingerprint density at radius 2 is 0.952 bits per heavy atom. The second-order valence-electron chi connectivity index (χ2n) is 12.7. The number of benzene rings is 3. The lowest BCUT2D eigenvalue weighted by atomic mass is 9.85. The predicted octanol–water partition coefficient (Wildman–Crippen LogP) is 12.8. The molecule has 5 nitrogen and oxygen atoms in total. The zero-order valence-corrected chi connectivity index (χ0v) is 25.5. The van der Waals surface area contributed by atoms with Crippen LogP contribution in [0.2, 0.25) is 0 Å². The Labute approximate surface area is 260 Å². The molecule has 0 spiro atoms. The summed E-state index contributed by atoms with van der Waals surface area (Å²) in [6, 6.07) is 20.0. The smallest absolute Gasteiger partial charge is 0.121 e. The van der Waals surface area contributed by atoms with Crippen molar-refractivity contribution in [3.8, 4) is 11.5 Å². The highest BCUT2D eigenvalue weighted by molar-refractivity contribution is 5.44. The van der Waals surface area contributed by atoms with Gasteiger partial charge in [-0.2, -0.15) is 0 Å². The van der Waals surface area contributed by atoms with Crippen LogP contribution in [0.3, 0.4) is 0 Å². The molecule has 42 heavy (non-hydrogen) atoms. The van der Waals surface area contributed by atoms with Crippen LogP contribution >= 0.6 is 0 Å². The third kappa shape index (κ3) is 15.0. The second kappa shape index (κ2) is 18.9. The number of hydrogen-bond donors (Lipinski definition) is 1. The van der Waals surface area contributed by atoms with Crippen LogP contribution in [0.15, 0.2) is 65.8 Å². The van der Waals surface area contributed by atoms with Gasteiger partial charge in [-0.15, -0.1) is 0 Å². The molecule has 3 aromatic rings. The average Bonchev–Trinajstić information content (AvgIpc) is 2.82. The molecule has 0 heterocycles. The fourth-order valence-electron chi connectivity index (χ4n) is 3.56. The maximum Gasteiger partial charge on any atom is 0.121 e. The van der Waals surface area contributed by atoms with E-state index in [-0.39, 0.29) is 46.0 Å². The van der Waals surface area contributed by atoms with Gasteiger partial charge in [-0.25, -0.2) is 0 Å². The summed E-state index contributed by atoms with van der Waals surface area (Å²) < 4.78 is 5.08. The number of hydrogen-bond acceptors (Lipinski definition) is 3. The lowest BCUT2D eigenvalue weighted by molar-refractivity contribution is 0.414. The van der Waals surface area contributed by atoms with Crippen molar-refractivity contribution in [2.24, 2.45) is 5.11 Å². The first kappa shape index (κ1) is 45.6. The number of phenolic OH excluding ortho intramolecular Hbond substituents is 1. The molecule has 0 radical (unpaired) electrons. The van der Waals surface area contributed by atoms with Gasteiger partial charge in [0.15, 0.2) is 0 Å². The molecule has 0 bridgehead atoms. The first-order valence-corrected chi connectivity index (χ1v) is 13.0. The van der Waals surface area contributed by atoms with Gasteiger partial charge in [0.25, 0.3) is 0 Å². The highest BCUT2D eigenvalue weighted by Crippen LogP contribution is 2.30. The van der Waals surface area contributed by atoms with E-state index in [0.29, 0.717) is 11.4 Å². The summed E-state index contributed by atoms with van der Waals surface area (Å²) in [6.45, 7) is 23.5. The van der Waals surface area contributed by atoms with E-state index in [1.54, 1.807) is 7.11 Å². The molecule has 238 valence electrons. The van der Waals surface area contributed by atoms with E-state index in [4.69, 9.17) is 10.3 Å². The summed E-state index contributed by atoms with van der Waals surface area (Å²) in [4.78, 5) is 2.72. The van der Waals surface area contributed by atoms with Crippen LogP contribution in [-0.2, 0) is 16.2 Å². The Kier molecular flexibility index (Phi) is 20.5. The van der Waals surface area contributed by atoms with Crippen molar-refractivity contribution in [1.29, 1.82) is 0 Å². The van der Waals surface area contributed by atoms with Crippen LogP contribution in [0.5, 0.6) is 11.5 Å². The number of rotatable bonds is 2. The molecule has 0 fully saturated rings. The Balaban J connectivity index is -0.000000246. The molecule has 0 aliphatic heterocycles. The normalized spacial score (nSPS) is 10.2. The van der Waals surface area contributed by atoms with E-state index in [0.717, 1.165) is 16.9 Å². The van der Waals surface area contributed by atoms with Gasteiger partial charge in [0.05, 0.1) is 7.11 Å². The van der Waals surface area contributed by atoms with E-state index in [9.17, 15) is 5.11 Å². The quantitative estimate of drug-likeness (QED) is 0.185. The highest BCUT2D eigenvalue weighted by atomic mass is 16.5. The van der Waals surface area contributed by atoms with Gasteiger partial charge in [-0.1, -0.05) is 146 Å². The Morgan fingerprint density at radius 1 is 0.619 bits per heavy atom. The van der Waals surface area contributed by atoms with E-state index in [2.05, 4.69) is 96.6 Å². The fourth-order valence-corrected chi connectivity index (χ4v) is 3.56. The summed E-state index contributed by atoms with van der Waals surface area (Å²) in [5.41, 5.74) is 15.2. The van der Waals surface area contributed by atoms with Crippen molar-refractivity contribution in [2.75, 3.05) is 7.11 Å². The SMILES string of the molecule is C.C.C.C.CC(C)(C)c1ccc(N=[N+]=[N-])cc1.COc1ccc(C(C)(C)C)cc1.Cc1cc(C(C)(C)C)cc(C)c1O. The van der Waals surface area contributed by atoms with E-state index >= 15 is 0 Å². The van der Waals surface area contributed by atoms with E-state index in [1.165, 1.54) is 16.7 Å². The lowest BCUT2D eigenvalue weighted by Gasteiger charge is -2.20. The first-order valence-electron chi connectivity index (χ1n) is 13.0. The van der Waals surface area contributed by atoms with Crippen LogP contribution in [0.25, 0.3) is 10.4 Å². The number of ether oxygens (including phenoxy) is 1. The third-order valence-electron chi connectivity index (χ3n) is 6.21. The first-order chi connectivity index (χ1) is 17.4. The van der Waals surface area contributed by atoms with Crippen molar-refractivity contribution in [2.45, 2.75) is 122 Å². The molecule has 0 amide bonds. The van der Waals surface area contributed by atoms with Crippen molar-refractivity contribution in [3.63, 3.8) is 0 Å². The van der Waals surface area contributed by atoms with Gasteiger partial charge in [0.1, 0.15) is 11.5 Å². The molecule has 0 aromatic heterocycles. The van der Waals surface area contributed by atoms with E-state index in [1.807, 2.05) is 50.2 Å². The fraction of sp³-hybridized carbons (Fsp3) is 0.514. The van der Waals surface area contributed by atoms with Crippen LogP contribution in [-0.4, -0.2) is 12.2 Å². The molecule has 0 atom stereocenters. The summed E-state index contributed by atoms with van der Waals surface area (Å²) in [5, 5.41) is 13.1. The monoisotopic (exact) mass is 581 g/mol. The largest absolute Gasteiger partial charge is 0.507 e. The van der Waals surface area contributed by atoms with Gasteiger partial charge in [-0.05, 0) is 75.6 Å². The number of methoxy groups -OCH3 is 1. The average molecular weight is 582 g/mol. The molecule has 0 aliphatic rings. The molecular formula is C37H63N3O2. The van der Waals surface area contributed by atoms with Crippen LogP contribution in [0.1, 0.15) is 120 Å². The maximum absolute atomic E-state index is 9.60. The molecule has 0 aliphatic carbocycles. The van der Waals surface area contributed by atoms with Crippen LogP contribution in [0.4, 0.5) is 5.69 Å². The molecule has 0 unspecified atom stereocenters. The highest BCUT2D eigenvalue weighted by Gasteiger charge is 2.16. The molecule has 0 saturated carbocycles. The van der Waals surface area contributed by atoms with Gasteiger partial charge in [0.2, 0.25) is 0 Å². The Hall–Kier alpha value is -3.43. The minimum atomic E-state index is 0. The van der Waals surface area contributed by atoms with Crippen molar-refractivity contribution in [1.82, 2.24) is 0 Å². The van der Waals surface area contributed by atoms with Crippen LogP contribution < -0.4 is 4.74 Å². The van der Waals surface area contributed by atoms with Crippen LogP contribution in [0, 0.1) is 13.8 Å². The molecule has 5 heteroatoms. The van der Waals surface area contributed by atoms with Crippen molar-refractivity contribution < 1.29 is 9.84 Å². The molecule has 0 saturated heterocycles. The maximum atomic E-state index is 9.60. The third-order valence-corrected chi connectivity index (χ3v) is 6.21. The Bertz CT molecular complexity index is 1180. The zero-order valence-electron chi connectivity index (χ0n) is 25.5. The minimum Gasteiger partial charge on any atom is -0.507 e. The second-order valence-corrected chi connectivity index (χ2v) is 12.7. The van der Waals surface area contributed by atoms with Crippen molar-refractivity contribution >= 4 is 5.69 Å². The van der Waals surface area contributed by atoms with E-state index < -0.39 is 0 Å². The summed E-state index contributed by atoms with van der Waals surface area (Å²) >= 11 is 0. The number of nitrogens with zero attached hydrogens (tertiary/aromatic N) is 3. The summed E-state index contributed by atoms with van der Waals surface area (Å²) in [5.74, 6) is 1.34. The molecule has 3 aromatic carbocycles. The summed E-state index contributed by atoms with van der Waals surface area (Å²) in [6.07, 6.45) is 0. The van der Waals surface area contributed by atoms with Crippen molar-refractivity contribution in [3.05, 3.63) is 98.9 Å². The molecule has 1 N–H and O–H groups in total. The number of aromatic hydroxyl groups is 1. The topological polar surface area (TPSA) is 78.2 Å². The number of phenols is 1. The van der Waals surface area contributed by atoms with Gasteiger partial charge >= 0.3 is 0 Å². The predicted molar refractivity (Wildman–Crippen MR) is 189 cm³/mol. The molecular weight excluding hydrogens is 518 g/mol. The number of aryl methyl sites for hydroxylation is 2. The lowest BCUT2D eigenvalue weighted by Crippen LogP contribution is -2.11. The Morgan fingerprint density at radius 3 is 1.24 bits per heavy atom. The van der Waals surface area contributed by atoms with Gasteiger partial charge in [-0.3, -0.25) is 0 Å². The zero-order chi connectivity index (χ0) is 29.3. The standard InChI is InChI=1S/C12H18O.C11H16O.C10H13N3.4CH4/c1-8-6-10(12(3,4)5)7-9(2)11(8)13;1-11(2,3)9-5-7-10(12-4)8-6-9;1-10(2,3)8-4-6-9(7-5-8)12-13-11;;;;/h6-7,13H,1-5H3;5-8H,1-4H3;4-7H,1-3H3;4*1H4. The van der Waals surface area contributed by atoms with Gasteiger partial charge < -0.3 is 9.84 Å². The minimum absolute atomic E-state index is 0. The van der Waals surface area contributed by atoms with Gasteiger partial charge in [0, 0.05) is 10.6 Å².